The molecule has 0 aliphatic carbocycles. The van der Waals surface area contributed by atoms with Crippen LogP contribution in [-0.4, -0.2) is 55.4 Å². The van der Waals surface area contributed by atoms with Gasteiger partial charge in [-0.2, -0.15) is 4.72 Å². The van der Waals surface area contributed by atoms with Crippen LogP contribution < -0.4 is 21.5 Å². The molecule has 0 spiro atoms. The molecule has 1 aliphatic heterocycles. The number of nitrogens with two attached hydrogens (primary N) is 1. The Hall–Kier alpha value is -3.87. The zero-order valence-electron chi connectivity index (χ0n) is 21.6. The molecule has 40 heavy (non-hydrogen) atoms. The molecule has 1 saturated heterocycles. The quantitative estimate of drug-likeness (QED) is 0.182. The average molecular weight is 587 g/mol. The molecule has 2 atom stereocenters. The van der Waals surface area contributed by atoms with Crippen LogP contribution >= 0.6 is 12.4 Å². The third-order valence-corrected chi connectivity index (χ3v) is 8.48. The summed E-state index contributed by atoms with van der Waals surface area (Å²) in [5, 5.41) is 12.2. The smallest absolute Gasteiger partial charge is 0.408 e. The number of oxazole rings is 1. The second-order valence-electron chi connectivity index (χ2n) is 9.71. The van der Waals surface area contributed by atoms with Crippen molar-refractivity contribution < 1.29 is 17.6 Å². The fourth-order valence-electron chi connectivity index (χ4n) is 4.95. The van der Waals surface area contributed by atoms with Crippen molar-refractivity contribution in [2.24, 2.45) is 11.7 Å². The Morgan fingerprint density at radius 2 is 1.82 bits per heavy atom. The molecule has 5 rings (SSSR count). The number of guanidine groups is 1. The number of carbonyl (C=O) groups excluding carboxylic acids is 1. The van der Waals surface area contributed by atoms with Crippen molar-refractivity contribution in [2.45, 2.75) is 30.3 Å². The van der Waals surface area contributed by atoms with Gasteiger partial charge in [0.2, 0.25) is 15.9 Å². The molecule has 1 fully saturated rings. The molecule has 0 bridgehead atoms. The molecule has 4 aromatic rings. The monoisotopic (exact) mass is 586 g/mol. The van der Waals surface area contributed by atoms with E-state index in [0.29, 0.717) is 24.2 Å². The number of carbonyl (C=O) groups is 1. The summed E-state index contributed by atoms with van der Waals surface area (Å²) < 4.78 is 35.9. The number of fused-ring (bicyclic) bond motifs is 2. The fraction of sp³-hybridized carbons (Fsp3) is 0.296. The van der Waals surface area contributed by atoms with Gasteiger partial charge in [0.05, 0.1) is 17.0 Å². The Bertz CT molecular complexity index is 1700. The molecule has 5 N–H and O–H groups in total. The normalized spacial score (nSPS) is 16.4. The second kappa shape index (κ2) is 12.1. The lowest BCUT2D eigenvalue weighted by Gasteiger charge is -2.33. The Labute approximate surface area is 237 Å². The van der Waals surface area contributed by atoms with Crippen molar-refractivity contribution >= 4 is 56.2 Å². The molecule has 1 aromatic heterocycles. The molecule has 1 amide bonds. The largest absolute Gasteiger partial charge is 0.420 e. The maximum Gasteiger partial charge on any atom is 0.420 e. The van der Waals surface area contributed by atoms with Crippen molar-refractivity contribution in [3.63, 3.8) is 0 Å². The Morgan fingerprint density at radius 3 is 2.60 bits per heavy atom. The number of nitrogens with zero attached hydrogens (tertiary/aromatic N) is 2. The van der Waals surface area contributed by atoms with Gasteiger partial charge >= 0.3 is 5.76 Å². The zero-order chi connectivity index (χ0) is 27.6. The lowest BCUT2D eigenvalue weighted by atomic mass is 9.98. The van der Waals surface area contributed by atoms with Crippen LogP contribution in [0.1, 0.15) is 12.8 Å². The molecule has 212 valence electrons. The van der Waals surface area contributed by atoms with Gasteiger partial charge in [0.25, 0.3) is 0 Å². The van der Waals surface area contributed by atoms with Gasteiger partial charge in [0.15, 0.2) is 11.5 Å². The number of sulfonamides is 1. The van der Waals surface area contributed by atoms with Crippen molar-refractivity contribution in [1.29, 1.82) is 5.41 Å². The molecule has 0 unspecified atom stereocenters. The van der Waals surface area contributed by atoms with E-state index in [2.05, 4.69) is 10.0 Å². The van der Waals surface area contributed by atoms with E-state index in [4.69, 9.17) is 15.6 Å². The van der Waals surface area contributed by atoms with Gasteiger partial charge in [0.1, 0.15) is 6.04 Å². The van der Waals surface area contributed by atoms with Crippen LogP contribution in [0.25, 0.3) is 21.9 Å². The van der Waals surface area contributed by atoms with E-state index < -0.39 is 27.7 Å². The number of hydrogen-bond acceptors (Lipinski definition) is 6. The van der Waals surface area contributed by atoms with Crippen molar-refractivity contribution in [3.8, 4) is 0 Å². The van der Waals surface area contributed by atoms with Crippen molar-refractivity contribution in [1.82, 2.24) is 19.5 Å². The van der Waals surface area contributed by atoms with Gasteiger partial charge in [-0.25, -0.2) is 13.2 Å². The highest BCUT2D eigenvalue weighted by atomic mass is 35.5. The van der Waals surface area contributed by atoms with Crippen molar-refractivity contribution in [2.75, 3.05) is 19.6 Å². The molecule has 11 nitrogen and oxygen atoms in total. The first-order valence-corrected chi connectivity index (χ1v) is 14.2. The van der Waals surface area contributed by atoms with Crippen LogP contribution in [0.4, 0.5) is 0 Å². The van der Waals surface area contributed by atoms with Gasteiger partial charge < -0.3 is 20.4 Å². The topological polar surface area (TPSA) is 164 Å². The minimum atomic E-state index is -4.14. The van der Waals surface area contributed by atoms with Crippen LogP contribution in [0, 0.1) is 11.3 Å². The highest BCUT2D eigenvalue weighted by Crippen LogP contribution is 2.20. The summed E-state index contributed by atoms with van der Waals surface area (Å²) in [4.78, 5) is 27.8. The third-order valence-electron chi connectivity index (χ3n) is 7.01. The number of hydrogen-bond donors (Lipinski definition) is 4. The van der Waals surface area contributed by atoms with Crippen LogP contribution in [0.3, 0.4) is 0 Å². The Kier molecular flexibility index (Phi) is 8.82. The molecule has 3 aromatic carbocycles. The Morgan fingerprint density at radius 1 is 1.10 bits per heavy atom. The van der Waals surface area contributed by atoms with Crippen LogP contribution in [-0.2, 0) is 21.4 Å². The summed E-state index contributed by atoms with van der Waals surface area (Å²) >= 11 is 0. The maximum atomic E-state index is 13.4. The third kappa shape index (κ3) is 6.30. The molecule has 2 heterocycles. The average Bonchev–Trinajstić information content (AvgIpc) is 3.25. The molecular formula is C27H31ClN6O5S. The van der Waals surface area contributed by atoms with E-state index in [1.54, 1.807) is 41.3 Å². The van der Waals surface area contributed by atoms with Crippen LogP contribution in [0.15, 0.2) is 80.8 Å². The standard InChI is InChI=1S/C27H30N6O5S.ClH/c28-26(29)32-13-5-6-18(16-32)15-30-25(34)22(17-33-23-9-3-4-10-24(23)38-27(33)35)31-39(36,37)21-12-11-19-7-1-2-8-20(19)14-21;/h1-4,7-12,14,18,22,31H,5-6,13,15-17H2,(H3,28,29)(H,30,34);1H/t18-,22+;/m0./s1. The summed E-state index contributed by atoms with van der Waals surface area (Å²) in [5.74, 6) is -1.24. The van der Waals surface area contributed by atoms with E-state index in [-0.39, 0.29) is 42.3 Å². The number of likely N-dealkylation sites (tertiary alicyclic amines) is 1. The fourth-order valence-corrected chi connectivity index (χ4v) is 6.17. The van der Waals surface area contributed by atoms with E-state index in [1.165, 1.54) is 10.6 Å². The number of aromatic nitrogens is 1. The zero-order valence-corrected chi connectivity index (χ0v) is 23.2. The minimum absolute atomic E-state index is 0. The minimum Gasteiger partial charge on any atom is -0.408 e. The number of piperidine rings is 1. The van der Waals surface area contributed by atoms with Crippen molar-refractivity contribution in [3.05, 3.63) is 77.3 Å². The number of para-hydroxylation sites is 2. The van der Waals surface area contributed by atoms with Crippen LogP contribution in [0.5, 0.6) is 0 Å². The highest BCUT2D eigenvalue weighted by molar-refractivity contribution is 7.89. The predicted molar refractivity (Wildman–Crippen MR) is 155 cm³/mol. The summed E-state index contributed by atoms with van der Waals surface area (Å²) in [7, 11) is -4.14. The molecule has 13 heteroatoms. The molecule has 1 aliphatic rings. The van der Waals surface area contributed by atoms with E-state index in [0.717, 1.165) is 23.6 Å². The van der Waals surface area contributed by atoms with Gasteiger partial charge in [-0.15, -0.1) is 12.4 Å². The highest BCUT2D eigenvalue weighted by Gasteiger charge is 2.29. The lowest BCUT2D eigenvalue weighted by molar-refractivity contribution is -0.123. The van der Waals surface area contributed by atoms with E-state index in [9.17, 15) is 18.0 Å². The number of nitrogens with one attached hydrogen (secondary N) is 3. The maximum absolute atomic E-state index is 13.4. The van der Waals surface area contributed by atoms with E-state index in [1.807, 2.05) is 24.3 Å². The predicted octanol–water partition coefficient (Wildman–Crippen LogP) is 2.24. The SMILES string of the molecule is Cl.N=C(N)N1CCC[C@@H](CNC(=O)[C@@H](Cn2c(=O)oc3ccccc32)NS(=O)(=O)c2ccc3ccccc3c2)C1. The van der Waals surface area contributed by atoms with Gasteiger partial charge in [-0.05, 0) is 53.8 Å². The summed E-state index contributed by atoms with van der Waals surface area (Å²) in [6.45, 7) is 1.22. The van der Waals surface area contributed by atoms with Gasteiger partial charge in [0, 0.05) is 19.6 Å². The lowest BCUT2D eigenvalue weighted by Crippen LogP contribution is -2.52. The first kappa shape index (κ1) is 29.1. The summed E-state index contributed by atoms with van der Waals surface area (Å²) in [6, 6.07) is 17.6. The molecule has 0 saturated carbocycles. The first-order valence-electron chi connectivity index (χ1n) is 12.7. The van der Waals surface area contributed by atoms with E-state index >= 15 is 0 Å². The van der Waals surface area contributed by atoms with Gasteiger partial charge in [-0.1, -0.05) is 42.5 Å². The van der Waals surface area contributed by atoms with Crippen LogP contribution in [0.2, 0.25) is 0 Å². The molecular weight excluding hydrogens is 556 g/mol. The summed E-state index contributed by atoms with van der Waals surface area (Å²) in [5.41, 5.74) is 6.42. The van der Waals surface area contributed by atoms with Gasteiger partial charge in [-0.3, -0.25) is 14.8 Å². The number of amides is 1. The molecule has 0 radical (unpaired) electrons. The number of rotatable bonds is 8. The first-order chi connectivity index (χ1) is 18.7. The number of benzene rings is 3. The Balaban J connectivity index is 0.00000370. The second-order valence-corrected chi connectivity index (χ2v) is 11.4. The number of halogens is 1. The summed E-state index contributed by atoms with van der Waals surface area (Å²) in [6.07, 6.45) is 1.66.